The molecule has 1 atom stereocenters. The van der Waals surface area contributed by atoms with E-state index in [4.69, 9.17) is 0 Å². The number of aryl methyl sites for hydroxylation is 5. The molecule has 25 heavy (non-hydrogen) atoms. The predicted molar refractivity (Wildman–Crippen MR) is 93.7 cm³/mol. The van der Waals surface area contributed by atoms with Crippen molar-refractivity contribution in [2.75, 3.05) is 0 Å². The maximum atomic E-state index is 12.9. The maximum Gasteiger partial charge on any atom is 0.257 e. The highest BCUT2D eigenvalue weighted by Gasteiger charge is 2.25. The average Bonchev–Trinajstić information content (AvgIpc) is 3.05. The van der Waals surface area contributed by atoms with Crippen LogP contribution in [-0.2, 0) is 13.0 Å². The zero-order valence-corrected chi connectivity index (χ0v) is 15.0. The summed E-state index contributed by atoms with van der Waals surface area (Å²) in [6.07, 6.45) is 3.82. The van der Waals surface area contributed by atoms with Crippen LogP contribution in [0.2, 0.25) is 0 Å². The molecule has 4 heterocycles. The lowest BCUT2D eigenvalue weighted by atomic mass is 10.1. The second-order valence-electron chi connectivity index (χ2n) is 6.89. The minimum Gasteiger partial charge on any atom is -0.347 e. The minimum atomic E-state index is -0.102. The molecule has 1 N–H and O–H groups in total. The van der Waals surface area contributed by atoms with Gasteiger partial charge in [-0.15, -0.1) is 0 Å². The highest BCUT2D eigenvalue weighted by Crippen LogP contribution is 2.19. The van der Waals surface area contributed by atoms with E-state index in [0.717, 1.165) is 42.3 Å². The van der Waals surface area contributed by atoms with Gasteiger partial charge in [-0.25, -0.2) is 14.5 Å². The van der Waals surface area contributed by atoms with Gasteiger partial charge < -0.3 is 9.88 Å². The monoisotopic (exact) mass is 338 g/mol. The molecule has 0 spiro atoms. The summed E-state index contributed by atoms with van der Waals surface area (Å²) in [4.78, 5) is 22.0. The molecule has 0 bridgehead atoms. The van der Waals surface area contributed by atoms with Gasteiger partial charge in [-0.1, -0.05) is 0 Å². The number of aromatic nitrogens is 5. The number of hydrogen-bond acceptors (Lipinski definition) is 4. The topological polar surface area (TPSA) is 77.1 Å². The first-order chi connectivity index (χ1) is 11.9. The van der Waals surface area contributed by atoms with Crippen LogP contribution in [0.3, 0.4) is 0 Å². The Balaban J connectivity index is 1.62. The Bertz CT molecular complexity index is 983. The fraction of sp³-hybridized carbons (Fsp3) is 0.444. The number of nitrogens with zero attached hydrogens (tertiary/aromatic N) is 5. The van der Waals surface area contributed by atoms with Crippen molar-refractivity contribution in [3.8, 4) is 0 Å². The van der Waals surface area contributed by atoms with E-state index in [1.54, 1.807) is 4.52 Å². The molecule has 7 nitrogen and oxygen atoms in total. The van der Waals surface area contributed by atoms with Crippen LogP contribution in [0.4, 0.5) is 0 Å². The van der Waals surface area contributed by atoms with Crippen molar-refractivity contribution in [3.05, 3.63) is 46.4 Å². The summed E-state index contributed by atoms with van der Waals surface area (Å²) >= 11 is 0. The van der Waals surface area contributed by atoms with Gasteiger partial charge in [-0.05, 0) is 40.2 Å². The smallest absolute Gasteiger partial charge is 0.257 e. The van der Waals surface area contributed by atoms with Crippen molar-refractivity contribution in [3.63, 3.8) is 0 Å². The van der Waals surface area contributed by atoms with E-state index in [1.807, 2.05) is 40.0 Å². The standard InChI is InChI=1S/C18H22N6O/c1-10-7-12(3)24-17(20-10)16(13(4)22-24)18(25)21-14-5-6-15-19-11(2)8-23(15)9-14/h7-8,14H,5-6,9H2,1-4H3,(H,21,25). The highest BCUT2D eigenvalue weighted by atomic mass is 16.1. The third-order valence-electron chi connectivity index (χ3n) is 4.75. The molecule has 0 fully saturated rings. The molecule has 3 aromatic rings. The number of imidazole rings is 1. The fourth-order valence-electron chi connectivity index (χ4n) is 3.65. The van der Waals surface area contributed by atoms with E-state index in [1.165, 1.54) is 0 Å². The van der Waals surface area contributed by atoms with Crippen LogP contribution in [0.5, 0.6) is 0 Å². The molecule has 3 aromatic heterocycles. The Kier molecular flexibility index (Phi) is 3.59. The summed E-state index contributed by atoms with van der Waals surface area (Å²) in [5.41, 5.74) is 4.78. The quantitative estimate of drug-likeness (QED) is 0.774. The molecule has 130 valence electrons. The lowest BCUT2D eigenvalue weighted by molar-refractivity contribution is 0.0928. The average molecular weight is 338 g/mol. The largest absolute Gasteiger partial charge is 0.347 e. The van der Waals surface area contributed by atoms with Crippen LogP contribution in [0, 0.1) is 27.7 Å². The summed E-state index contributed by atoms with van der Waals surface area (Å²) in [6.45, 7) is 8.51. The molecule has 0 saturated carbocycles. The molecule has 1 amide bonds. The van der Waals surface area contributed by atoms with Gasteiger partial charge in [0.05, 0.1) is 11.4 Å². The summed E-state index contributed by atoms with van der Waals surface area (Å²) in [7, 11) is 0. The van der Waals surface area contributed by atoms with Gasteiger partial charge in [0.2, 0.25) is 0 Å². The van der Waals surface area contributed by atoms with Gasteiger partial charge in [-0.3, -0.25) is 4.79 Å². The van der Waals surface area contributed by atoms with Crippen LogP contribution in [0.1, 0.15) is 45.4 Å². The first-order valence-electron chi connectivity index (χ1n) is 8.59. The molecule has 0 aliphatic carbocycles. The number of amides is 1. The molecule has 0 aromatic carbocycles. The highest BCUT2D eigenvalue weighted by molar-refractivity contribution is 6.01. The SMILES string of the molecule is Cc1cn2c(n1)CCC(NC(=O)c1c(C)nn3c(C)cc(C)nc13)C2. The minimum absolute atomic E-state index is 0.0915. The van der Waals surface area contributed by atoms with Crippen molar-refractivity contribution in [2.45, 2.75) is 53.1 Å². The summed E-state index contributed by atoms with van der Waals surface area (Å²) in [5.74, 6) is 0.998. The van der Waals surface area contributed by atoms with E-state index in [9.17, 15) is 4.79 Å². The fourth-order valence-corrected chi connectivity index (χ4v) is 3.65. The van der Waals surface area contributed by atoms with E-state index in [2.05, 4.69) is 25.0 Å². The van der Waals surface area contributed by atoms with E-state index in [0.29, 0.717) is 16.9 Å². The summed E-state index contributed by atoms with van der Waals surface area (Å²) < 4.78 is 3.88. The van der Waals surface area contributed by atoms with Gasteiger partial charge >= 0.3 is 0 Å². The number of carbonyl (C=O) groups excluding carboxylic acids is 1. The van der Waals surface area contributed by atoms with Gasteiger partial charge in [0.1, 0.15) is 11.4 Å². The normalized spacial score (nSPS) is 16.9. The van der Waals surface area contributed by atoms with Crippen LogP contribution in [-0.4, -0.2) is 36.1 Å². The van der Waals surface area contributed by atoms with Gasteiger partial charge in [0.25, 0.3) is 5.91 Å². The van der Waals surface area contributed by atoms with Gasteiger partial charge in [-0.2, -0.15) is 5.10 Å². The summed E-state index contributed by atoms with van der Waals surface area (Å²) in [5, 5.41) is 7.65. The van der Waals surface area contributed by atoms with E-state index < -0.39 is 0 Å². The van der Waals surface area contributed by atoms with Crippen LogP contribution >= 0.6 is 0 Å². The van der Waals surface area contributed by atoms with Crippen LogP contribution < -0.4 is 5.32 Å². The first kappa shape index (κ1) is 15.8. The number of carbonyl (C=O) groups is 1. The van der Waals surface area contributed by atoms with Gasteiger partial charge in [0, 0.05) is 36.6 Å². The molecule has 0 radical (unpaired) electrons. The second-order valence-corrected chi connectivity index (χ2v) is 6.89. The molecule has 7 heteroatoms. The third-order valence-corrected chi connectivity index (χ3v) is 4.75. The number of nitrogens with one attached hydrogen (secondary N) is 1. The second kappa shape index (κ2) is 5.68. The van der Waals surface area contributed by atoms with E-state index >= 15 is 0 Å². The van der Waals surface area contributed by atoms with Crippen molar-refractivity contribution in [2.24, 2.45) is 0 Å². The molecular weight excluding hydrogens is 316 g/mol. The van der Waals surface area contributed by atoms with Crippen LogP contribution in [0.25, 0.3) is 5.65 Å². The maximum absolute atomic E-state index is 12.9. The van der Waals surface area contributed by atoms with Gasteiger partial charge in [0.15, 0.2) is 5.65 Å². The summed E-state index contributed by atoms with van der Waals surface area (Å²) in [6, 6.07) is 2.05. The Labute approximate surface area is 146 Å². The zero-order valence-electron chi connectivity index (χ0n) is 15.0. The molecule has 1 unspecified atom stereocenters. The Morgan fingerprint density at radius 3 is 2.80 bits per heavy atom. The van der Waals surface area contributed by atoms with Crippen molar-refractivity contribution in [1.29, 1.82) is 0 Å². The molecular formula is C18H22N6O. The Morgan fingerprint density at radius 2 is 2.00 bits per heavy atom. The predicted octanol–water partition coefficient (Wildman–Crippen LogP) is 1.90. The zero-order chi connectivity index (χ0) is 17.7. The molecule has 0 saturated heterocycles. The number of fused-ring (bicyclic) bond motifs is 2. The van der Waals surface area contributed by atoms with Crippen molar-refractivity contribution >= 4 is 11.6 Å². The Morgan fingerprint density at radius 1 is 1.20 bits per heavy atom. The number of hydrogen-bond donors (Lipinski definition) is 1. The van der Waals surface area contributed by atoms with E-state index in [-0.39, 0.29) is 11.9 Å². The molecule has 1 aliphatic heterocycles. The first-order valence-corrected chi connectivity index (χ1v) is 8.59. The molecule has 1 aliphatic rings. The lowest BCUT2D eigenvalue weighted by Crippen LogP contribution is -2.41. The lowest BCUT2D eigenvalue weighted by Gasteiger charge is -2.24. The third kappa shape index (κ3) is 2.69. The van der Waals surface area contributed by atoms with Crippen molar-refractivity contribution < 1.29 is 4.79 Å². The molecule has 4 rings (SSSR count). The van der Waals surface area contributed by atoms with Crippen LogP contribution in [0.15, 0.2) is 12.3 Å². The van der Waals surface area contributed by atoms with Crippen molar-refractivity contribution in [1.82, 2.24) is 29.5 Å². The Hall–Kier alpha value is -2.70. The number of rotatable bonds is 2.